The van der Waals surface area contributed by atoms with Gasteiger partial charge in [0.25, 0.3) is 0 Å². The number of benzene rings is 3. The van der Waals surface area contributed by atoms with E-state index in [1.165, 1.54) is 12.1 Å². The fourth-order valence-corrected chi connectivity index (χ4v) is 5.80. The minimum absolute atomic E-state index is 0.123. The zero-order chi connectivity index (χ0) is 28.0. The van der Waals surface area contributed by atoms with Crippen LogP contribution in [0.2, 0.25) is 0 Å². The molecule has 0 aromatic heterocycles. The third-order valence-corrected chi connectivity index (χ3v) is 7.84. The average molecular weight is 546 g/mol. The summed E-state index contributed by atoms with van der Waals surface area (Å²) in [6.07, 6.45) is 0. The summed E-state index contributed by atoms with van der Waals surface area (Å²) in [5.41, 5.74) is 4.92. The molecule has 1 aliphatic rings. The Morgan fingerprint density at radius 2 is 1.54 bits per heavy atom. The van der Waals surface area contributed by atoms with Crippen molar-refractivity contribution in [3.05, 3.63) is 78.4 Å². The SMILES string of the molecule is CC(C)CN(CC(C)C)c1ccc(-c2ccccc2C2=NN=NC2)cc1NC(=O)CS(=O)(=O)c1ccccc1. The highest BCUT2D eigenvalue weighted by Gasteiger charge is 2.23. The number of rotatable bonds is 11. The van der Waals surface area contributed by atoms with E-state index in [0.717, 1.165) is 41.2 Å². The number of anilines is 2. The minimum atomic E-state index is -3.79. The molecule has 1 aliphatic heterocycles. The van der Waals surface area contributed by atoms with Crippen molar-refractivity contribution in [2.24, 2.45) is 27.3 Å². The molecule has 0 bridgehead atoms. The maximum Gasteiger partial charge on any atom is 0.240 e. The van der Waals surface area contributed by atoms with Crippen molar-refractivity contribution >= 4 is 32.8 Å². The first kappa shape index (κ1) is 28.2. The summed E-state index contributed by atoms with van der Waals surface area (Å²) < 4.78 is 25.8. The molecule has 9 heteroatoms. The van der Waals surface area contributed by atoms with Crippen LogP contribution >= 0.6 is 0 Å². The molecule has 1 amide bonds. The molecule has 0 radical (unpaired) electrons. The fourth-order valence-electron chi connectivity index (χ4n) is 4.64. The van der Waals surface area contributed by atoms with Crippen molar-refractivity contribution in [2.45, 2.75) is 32.6 Å². The lowest BCUT2D eigenvalue weighted by molar-refractivity contribution is -0.113. The predicted octanol–water partition coefficient (Wildman–Crippen LogP) is 6.05. The van der Waals surface area contributed by atoms with Gasteiger partial charge in [0.05, 0.1) is 22.0 Å². The zero-order valence-electron chi connectivity index (χ0n) is 22.8. The molecule has 8 nitrogen and oxygen atoms in total. The normalized spacial score (nSPS) is 13.1. The number of carbonyl (C=O) groups is 1. The molecule has 0 fully saturated rings. The number of amides is 1. The summed E-state index contributed by atoms with van der Waals surface area (Å²) in [4.78, 5) is 15.6. The number of nitrogens with one attached hydrogen (secondary N) is 1. The van der Waals surface area contributed by atoms with E-state index in [0.29, 0.717) is 24.1 Å². The largest absolute Gasteiger partial charge is 0.369 e. The van der Waals surface area contributed by atoms with Crippen molar-refractivity contribution in [3.63, 3.8) is 0 Å². The molecule has 3 aromatic carbocycles. The van der Waals surface area contributed by atoms with Gasteiger partial charge in [0.1, 0.15) is 12.3 Å². The number of hydrogen-bond acceptors (Lipinski definition) is 7. The lowest BCUT2D eigenvalue weighted by atomic mass is 9.95. The first-order valence-electron chi connectivity index (χ1n) is 13.1. The number of hydrogen-bond donors (Lipinski definition) is 1. The summed E-state index contributed by atoms with van der Waals surface area (Å²) in [6, 6.07) is 21.9. The van der Waals surface area contributed by atoms with Gasteiger partial charge < -0.3 is 10.2 Å². The molecule has 4 rings (SSSR count). The summed E-state index contributed by atoms with van der Waals surface area (Å²) in [5.74, 6) is -0.457. The van der Waals surface area contributed by atoms with Crippen LogP contribution in [0.5, 0.6) is 0 Å². The van der Waals surface area contributed by atoms with E-state index in [4.69, 9.17) is 0 Å². The molecule has 0 spiro atoms. The van der Waals surface area contributed by atoms with Gasteiger partial charge >= 0.3 is 0 Å². The molecule has 0 atom stereocenters. The molecule has 0 saturated carbocycles. The van der Waals surface area contributed by atoms with Crippen LogP contribution in [0.4, 0.5) is 11.4 Å². The monoisotopic (exact) mass is 545 g/mol. The lowest BCUT2D eigenvalue weighted by Gasteiger charge is -2.31. The highest BCUT2D eigenvalue weighted by Crippen LogP contribution is 2.35. The van der Waals surface area contributed by atoms with E-state index >= 15 is 0 Å². The van der Waals surface area contributed by atoms with E-state index in [2.05, 4.69) is 53.4 Å². The minimum Gasteiger partial charge on any atom is -0.369 e. The maximum atomic E-state index is 13.2. The summed E-state index contributed by atoms with van der Waals surface area (Å²) in [5, 5.41) is 14.9. The Kier molecular flexibility index (Phi) is 8.91. The molecule has 0 unspecified atom stereocenters. The predicted molar refractivity (Wildman–Crippen MR) is 157 cm³/mol. The maximum absolute atomic E-state index is 13.2. The molecule has 204 valence electrons. The number of sulfone groups is 1. The molecular formula is C30H35N5O3S. The molecule has 0 aliphatic carbocycles. The Bertz CT molecular complexity index is 1470. The molecule has 1 heterocycles. The van der Waals surface area contributed by atoms with Crippen molar-refractivity contribution in [1.82, 2.24) is 0 Å². The van der Waals surface area contributed by atoms with Crippen molar-refractivity contribution < 1.29 is 13.2 Å². The topological polar surface area (TPSA) is 104 Å². The summed E-state index contributed by atoms with van der Waals surface area (Å²) >= 11 is 0. The lowest BCUT2D eigenvalue weighted by Crippen LogP contribution is -2.32. The smallest absolute Gasteiger partial charge is 0.240 e. The second kappa shape index (κ2) is 12.3. The van der Waals surface area contributed by atoms with Gasteiger partial charge in [-0.3, -0.25) is 4.79 Å². The van der Waals surface area contributed by atoms with E-state index in [-0.39, 0.29) is 4.90 Å². The zero-order valence-corrected chi connectivity index (χ0v) is 23.6. The Labute approximate surface area is 230 Å². The van der Waals surface area contributed by atoms with Gasteiger partial charge in [-0.25, -0.2) is 8.42 Å². The Hall–Kier alpha value is -3.85. The van der Waals surface area contributed by atoms with Gasteiger partial charge in [-0.15, -0.1) is 5.10 Å². The van der Waals surface area contributed by atoms with Crippen LogP contribution in [0, 0.1) is 11.8 Å². The molecule has 1 N–H and O–H groups in total. The van der Waals surface area contributed by atoms with Gasteiger partial charge in [-0.2, -0.15) is 5.11 Å². The second-order valence-electron chi connectivity index (χ2n) is 10.5. The van der Waals surface area contributed by atoms with Crippen LogP contribution in [-0.2, 0) is 14.6 Å². The van der Waals surface area contributed by atoms with Gasteiger partial charge in [0.15, 0.2) is 9.84 Å². The highest BCUT2D eigenvalue weighted by atomic mass is 32.2. The molecule has 0 saturated heterocycles. The van der Waals surface area contributed by atoms with Gasteiger partial charge in [-0.05, 0) is 52.5 Å². The van der Waals surface area contributed by atoms with Crippen LogP contribution in [0.3, 0.4) is 0 Å². The first-order chi connectivity index (χ1) is 18.6. The van der Waals surface area contributed by atoms with E-state index in [9.17, 15) is 13.2 Å². The quantitative estimate of drug-likeness (QED) is 0.317. The average Bonchev–Trinajstić information content (AvgIpc) is 3.43. The molecule has 39 heavy (non-hydrogen) atoms. The Morgan fingerprint density at radius 1 is 0.897 bits per heavy atom. The fraction of sp³-hybridized carbons (Fsp3) is 0.333. The first-order valence-corrected chi connectivity index (χ1v) is 14.8. The van der Waals surface area contributed by atoms with Crippen molar-refractivity contribution in [1.29, 1.82) is 0 Å². The standard InChI is InChI=1S/C30H35N5O3S/c1-21(2)18-35(19-22(3)4)29-15-14-23(25-12-8-9-13-26(25)28-17-31-34-33-28)16-27(29)32-30(36)20-39(37,38)24-10-6-5-7-11-24/h5-16,21-22H,17-20H2,1-4H3,(H,32,36). The van der Waals surface area contributed by atoms with E-state index < -0.39 is 21.5 Å². The van der Waals surface area contributed by atoms with Crippen molar-refractivity contribution in [3.8, 4) is 11.1 Å². The highest BCUT2D eigenvalue weighted by molar-refractivity contribution is 7.92. The summed E-state index contributed by atoms with van der Waals surface area (Å²) in [7, 11) is -3.79. The Morgan fingerprint density at radius 3 is 2.15 bits per heavy atom. The van der Waals surface area contributed by atoms with Crippen LogP contribution in [-0.4, -0.2) is 45.4 Å². The number of carbonyl (C=O) groups excluding carboxylic acids is 1. The van der Waals surface area contributed by atoms with Gasteiger partial charge in [0.2, 0.25) is 5.91 Å². The van der Waals surface area contributed by atoms with Gasteiger partial charge in [-0.1, -0.05) is 76.2 Å². The Balaban J connectivity index is 1.74. The molecular weight excluding hydrogens is 510 g/mol. The van der Waals surface area contributed by atoms with Gasteiger partial charge in [0, 0.05) is 18.7 Å². The molecule has 3 aromatic rings. The third-order valence-electron chi connectivity index (χ3n) is 6.20. The van der Waals surface area contributed by atoms with Crippen LogP contribution in [0.25, 0.3) is 11.1 Å². The van der Waals surface area contributed by atoms with Crippen LogP contribution in [0.15, 0.2) is 93.1 Å². The second-order valence-corrected chi connectivity index (χ2v) is 12.5. The van der Waals surface area contributed by atoms with Crippen LogP contribution in [0.1, 0.15) is 33.3 Å². The number of nitrogens with zero attached hydrogens (tertiary/aromatic N) is 4. The van der Waals surface area contributed by atoms with E-state index in [1.54, 1.807) is 18.2 Å². The van der Waals surface area contributed by atoms with Crippen molar-refractivity contribution in [2.75, 3.05) is 35.6 Å². The van der Waals surface area contributed by atoms with Crippen LogP contribution < -0.4 is 10.2 Å². The van der Waals surface area contributed by atoms with E-state index in [1.807, 2.05) is 42.5 Å². The summed E-state index contributed by atoms with van der Waals surface area (Å²) in [6.45, 7) is 10.6. The third kappa shape index (κ3) is 7.17.